The molecule has 0 saturated carbocycles. The smallest absolute Gasteiger partial charge is 0.250 e. The van der Waals surface area contributed by atoms with Crippen LogP contribution in [-0.2, 0) is 19.9 Å². The van der Waals surface area contributed by atoms with E-state index in [0.29, 0.717) is 22.8 Å². The first-order chi connectivity index (χ1) is 15.3. The fourth-order valence-electron chi connectivity index (χ4n) is 6.60. The summed E-state index contributed by atoms with van der Waals surface area (Å²) in [7, 11) is 0. The Hall–Kier alpha value is -2.70. The number of aryl methyl sites for hydroxylation is 1. The van der Waals surface area contributed by atoms with Gasteiger partial charge in [0.05, 0.1) is 17.5 Å². The lowest BCUT2D eigenvalue weighted by atomic mass is 9.75. The molecule has 4 heterocycles. The fourth-order valence-corrected chi connectivity index (χ4v) is 6.77. The zero-order chi connectivity index (χ0) is 22.5. The van der Waals surface area contributed by atoms with E-state index in [1.807, 2.05) is 32.9 Å². The Bertz CT molecular complexity index is 1240. The monoisotopic (exact) mass is 449 g/mol. The lowest BCUT2D eigenvalue weighted by molar-refractivity contribution is -0.135. The lowest BCUT2D eigenvalue weighted by Gasteiger charge is -2.37. The van der Waals surface area contributed by atoms with E-state index in [0.717, 1.165) is 35.2 Å². The van der Waals surface area contributed by atoms with Crippen molar-refractivity contribution in [2.45, 2.75) is 45.2 Å². The average molecular weight is 450 g/mol. The number of fused-ring (bicyclic) bond motifs is 7. The topological polar surface area (TPSA) is 69.7 Å². The van der Waals surface area contributed by atoms with Crippen LogP contribution < -0.4 is 10.2 Å². The van der Waals surface area contributed by atoms with E-state index >= 15 is 0 Å². The molecule has 3 amide bonds. The molecule has 6 nitrogen and oxygen atoms in total. The third-order valence-corrected chi connectivity index (χ3v) is 8.59. The molecule has 4 atom stereocenters. The van der Waals surface area contributed by atoms with Crippen LogP contribution in [0.3, 0.4) is 0 Å². The summed E-state index contributed by atoms with van der Waals surface area (Å²) >= 11 is 6.32. The number of halogens is 1. The van der Waals surface area contributed by atoms with Crippen LogP contribution in [-0.4, -0.2) is 35.2 Å². The number of carbonyl (C=O) groups is 3. The maximum absolute atomic E-state index is 14.0. The first kappa shape index (κ1) is 19.9. The highest BCUT2D eigenvalue weighted by molar-refractivity contribution is 6.32. The lowest BCUT2D eigenvalue weighted by Crippen LogP contribution is -2.54. The van der Waals surface area contributed by atoms with Crippen molar-refractivity contribution in [3.63, 3.8) is 0 Å². The highest BCUT2D eigenvalue weighted by Crippen LogP contribution is 2.61. The highest BCUT2D eigenvalue weighted by atomic mass is 35.5. The van der Waals surface area contributed by atoms with Crippen LogP contribution in [0.1, 0.15) is 35.1 Å². The molecule has 32 heavy (non-hydrogen) atoms. The van der Waals surface area contributed by atoms with Crippen molar-refractivity contribution in [1.29, 1.82) is 0 Å². The molecule has 0 aromatic heterocycles. The number of hydrogen-bond acceptors (Lipinski definition) is 4. The van der Waals surface area contributed by atoms with E-state index in [9.17, 15) is 14.4 Å². The Morgan fingerprint density at radius 1 is 1.03 bits per heavy atom. The molecule has 3 fully saturated rings. The number of anilines is 2. The predicted molar refractivity (Wildman–Crippen MR) is 122 cm³/mol. The number of nitrogens with one attached hydrogen (secondary N) is 1. The third-order valence-electron chi connectivity index (χ3n) is 8.18. The van der Waals surface area contributed by atoms with Gasteiger partial charge < -0.3 is 5.32 Å². The van der Waals surface area contributed by atoms with Gasteiger partial charge in [0.25, 0.3) is 0 Å². The molecule has 2 aromatic carbocycles. The fraction of sp³-hybridized carbons (Fsp3) is 0.400. The highest BCUT2D eigenvalue weighted by Gasteiger charge is 2.74. The normalized spacial score (nSPS) is 30.8. The summed E-state index contributed by atoms with van der Waals surface area (Å²) in [5.41, 5.74) is 3.77. The summed E-state index contributed by atoms with van der Waals surface area (Å²) in [4.78, 5) is 45.0. The Morgan fingerprint density at radius 3 is 2.59 bits per heavy atom. The predicted octanol–water partition coefficient (Wildman–Crippen LogP) is 3.70. The van der Waals surface area contributed by atoms with Crippen molar-refractivity contribution >= 4 is 40.7 Å². The Labute approximate surface area is 191 Å². The van der Waals surface area contributed by atoms with Gasteiger partial charge in [-0.3, -0.25) is 19.3 Å². The minimum Gasteiger partial charge on any atom is -0.324 e. The molecular formula is C25H24ClN3O3. The number of imide groups is 1. The van der Waals surface area contributed by atoms with Crippen LogP contribution >= 0.6 is 11.6 Å². The Kier molecular flexibility index (Phi) is 4.00. The molecule has 1 spiro atoms. The number of carbonyl (C=O) groups excluding carboxylic acids is 3. The van der Waals surface area contributed by atoms with Gasteiger partial charge >= 0.3 is 0 Å². The van der Waals surface area contributed by atoms with E-state index in [-0.39, 0.29) is 23.8 Å². The van der Waals surface area contributed by atoms with Gasteiger partial charge in [-0.1, -0.05) is 29.8 Å². The summed E-state index contributed by atoms with van der Waals surface area (Å²) in [5, 5.41) is 3.60. The summed E-state index contributed by atoms with van der Waals surface area (Å²) < 4.78 is 0. The molecule has 4 aliphatic rings. The molecule has 0 radical (unpaired) electrons. The van der Waals surface area contributed by atoms with Crippen LogP contribution in [0.4, 0.5) is 11.4 Å². The summed E-state index contributed by atoms with van der Waals surface area (Å²) in [5.74, 6) is -2.00. The summed E-state index contributed by atoms with van der Waals surface area (Å²) in [6.07, 6.45) is 1.71. The van der Waals surface area contributed by atoms with Crippen molar-refractivity contribution < 1.29 is 14.4 Å². The second-order valence-electron chi connectivity index (χ2n) is 9.45. The van der Waals surface area contributed by atoms with Crippen LogP contribution in [0.2, 0.25) is 5.02 Å². The molecule has 0 bridgehead atoms. The molecule has 0 aliphatic carbocycles. The number of benzene rings is 2. The van der Waals surface area contributed by atoms with Crippen molar-refractivity contribution in [2.75, 3.05) is 16.8 Å². The standard InChI is InChI=1S/C25H24ClN3O3/c1-12-9-10-15-21(13(12)2)27-24(32)25(15)20-19(18-8-5-11-28(18)25)22(30)29(23(20)31)17-7-4-6-16(26)14(17)3/h4,6-7,9-10,18-20H,5,8,11H2,1-3H3,(H,27,32)/t18-,19+,20-,25+/m0/s1. The molecule has 4 aliphatic heterocycles. The van der Waals surface area contributed by atoms with Gasteiger partial charge in [-0.2, -0.15) is 0 Å². The van der Waals surface area contributed by atoms with Crippen molar-refractivity contribution in [2.24, 2.45) is 11.8 Å². The minimum absolute atomic E-state index is 0.126. The molecule has 7 heteroatoms. The maximum atomic E-state index is 14.0. The second-order valence-corrected chi connectivity index (χ2v) is 9.86. The molecule has 6 rings (SSSR count). The van der Waals surface area contributed by atoms with E-state index < -0.39 is 17.4 Å². The number of hydrogen-bond donors (Lipinski definition) is 1. The number of amides is 3. The van der Waals surface area contributed by atoms with E-state index in [4.69, 9.17) is 11.6 Å². The molecule has 0 unspecified atom stereocenters. The third kappa shape index (κ3) is 2.12. The van der Waals surface area contributed by atoms with Gasteiger partial charge in [0.1, 0.15) is 5.54 Å². The SMILES string of the molecule is Cc1ccc2c(c1C)NC(=O)[C@]21[C@@H]2C(=O)N(c3cccc(Cl)c3C)C(=O)[C@@H]2[C@@H]2CCCN21. The molecule has 3 saturated heterocycles. The minimum atomic E-state index is -1.15. The van der Waals surface area contributed by atoms with E-state index in [1.165, 1.54) is 4.90 Å². The van der Waals surface area contributed by atoms with E-state index in [2.05, 4.69) is 10.2 Å². The molecular weight excluding hydrogens is 426 g/mol. The zero-order valence-corrected chi connectivity index (χ0v) is 19.0. The average Bonchev–Trinajstić information content (AvgIpc) is 3.46. The molecule has 164 valence electrons. The van der Waals surface area contributed by atoms with Crippen molar-refractivity contribution in [1.82, 2.24) is 4.90 Å². The van der Waals surface area contributed by atoms with Crippen LogP contribution in [0, 0.1) is 32.6 Å². The largest absolute Gasteiger partial charge is 0.324 e. The molecule has 2 aromatic rings. The van der Waals surface area contributed by atoms with Gasteiger partial charge in [0.15, 0.2) is 0 Å². The first-order valence-corrected chi connectivity index (χ1v) is 11.5. The Morgan fingerprint density at radius 2 is 1.81 bits per heavy atom. The quantitative estimate of drug-likeness (QED) is 0.674. The van der Waals surface area contributed by atoms with E-state index in [1.54, 1.807) is 18.2 Å². The first-order valence-electron chi connectivity index (χ1n) is 11.1. The van der Waals surface area contributed by atoms with Gasteiger partial charge in [-0.25, -0.2) is 4.90 Å². The van der Waals surface area contributed by atoms with Crippen molar-refractivity contribution in [3.8, 4) is 0 Å². The molecule has 1 N–H and O–H groups in total. The second kappa shape index (κ2) is 6.42. The van der Waals surface area contributed by atoms with Gasteiger partial charge in [0, 0.05) is 22.3 Å². The maximum Gasteiger partial charge on any atom is 0.250 e. The Balaban J connectivity index is 1.58. The summed E-state index contributed by atoms with van der Waals surface area (Å²) in [6.45, 7) is 6.52. The number of rotatable bonds is 1. The van der Waals surface area contributed by atoms with Crippen LogP contribution in [0.25, 0.3) is 0 Å². The summed E-state index contributed by atoms with van der Waals surface area (Å²) in [6, 6.07) is 9.11. The van der Waals surface area contributed by atoms with Crippen molar-refractivity contribution in [3.05, 3.63) is 57.6 Å². The van der Waals surface area contributed by atoms with Crippen LogP contribution in [0.15, 0.2) is 30.3 Å². The van der Waals surface area contributed by atoms with Crippen LogP contribution in [0.5, 0.6) is 0 Å². The number of nitrogens with zero attached hydrogens (tertiary/aromatic N) is 2. The van der Waals surface area contributed by atoms with Gasteiger partial charge in [-0.05, 0) is 69.0 Å². The zero-order valence-electron chi connectivity index (χ0n) is 18.2. The van der Waals surface area contributed by atoms with Gasteiger partial charge in [-0.15, -0.1) is 0 Å². The van der Waals surface area contributed by atoms with Gasteiger partial charge in [0.2, 0.25) is 17.7 Å².